The summed E-state index contributed by atoms with van der Waals surface area (Å²) >= 11 is 0. The first-order chi connectivity index (χ1) is 12.3. The van der Waals surface area contributed by atoms with Gasteiger partial charge in [0.25, 0.3) is 0 Å². The molecular formula is C21H25N3O. The van der Waals surface area contributed by atoms with E-state index in [2.05, 4.69) is 24.1 Å². The molecule has 0 atom stereocenters. The Hall–Kier alpha value is -1.94. The standard InChI is InChI=1S/C21H25N3O/c1-13-2-4-15(5-3-13)21-23-18-12-22-17-7-6-16(19(17)20(18)24-21)14-8-10-25-11-9-14/h6,8,12-13,15H,2-5,7,9-11H2,1H3,(H,23,24). The van der Waals surface area contributed by atoms with Gasteiger partial charge in [-0.3, -0.25) is 4.98 Å². The molecule has 1 saturated carbocycles. The van der Waals surface area contributed by atoms with Crippen molar-refractivity contribution in [3.05, 3.63) is 41.0 Å². The zero-order valence-corrected chi connectivity index (χ0v) is 14.8. The molecule has 5 rings (SSSR count). The molecule has 4 heteroatoms. The molecule has 130 valence electrons. The Bertz CT molecular complexity index is 869. The Balaban J connectivity index is 1.55. The van der Waals surface area contributed by atoms with E-state index in [0.717, 1.165) is 43.0 Å². The summed E-state index contributed by atoms with van der Waals surface area (Å²) in [5.41, 5.74) is 7.38. The third kappa shape index (κ3) is 2.63. The van der Waals surface area contributed by atoms with E-state index in [1.807, 2.05) is 6.20 Å². The smallest absolute Gasteiger partial charge is 0.110 e. The van der Waals surface area contributed by atoms with E-state index >= 15 is 0 Å². The van der Waals surface area contributed by atoms with Gasteiger partial charge in [-0.25, -0.2) is 4.98 Å². The van der Waals surface area contributed by atoms with E-state index in [1.165, 1.54) is 53.9 Å². The highest BCUT2D eigenvalue weighted by molar-refractivity contribution is 5.96. The average Bonchev–Trinajstić information content (AvgIpc) is 3.26. The van der Waals surface area contributed by atoms with Crippen LogP contribution in [0.5, 0.6) is 0 Å². The second kappa shape index (κ2) is 6.10. The molecule has 0 saturated heterocycles. The lowest BCUT2D eigenvalue weighted by atomic mass is 9.83. The van der Waals surface area contributed by atoms with Gasteiger partial charge in [-0.15, -0.1) is 0 Å². The highest BCUT2D eigenvalue weighted by atomic mass is 16.5. The second-order valence-corrected chi connectivity index (χ2v) is 7.80. The number of imidazole rings is 1. The van der Waals surface area contributed by atoms with Crippen LogP contribution in [0.2, 0.25) is 0 Å². The van der Waals surface area contributed by atoms with Crippen LogP contribution in [0, 0.1) is 5.92 Å². The number of nitrogens with one attached hydrogen (secondary N) is 1. The first kappa shape index (κ1) is 15.3. The number of fused-ring (bicyclic) bond motifs is 3. The first-order valence-electron chi connectivity index (χ1n) is 9.65. The lowest BCUT2D eigenvalue weighted by Crippen LogP contribution is -2.11. The van der Waals surface area contributed by atoms with Gasteiger partial charge in [-0.05, 0) is 36.3 Å². The molecule has 3 aliphatic rings. The van der Waals surface area contributed by atoms with Crippen LogP contribution in [-0.2, 0) is 11.2 Å². The largest absolute Gasteiger partial charge is 0.377 e. The van der Waals surface area contributed by atoms with Crippen LogP contribution in [0.4, 0.5) is 0 Å². The lowest BCUT2D eigenvalue weighted by molar-refractivity contribution is 0.156. The maximum atomic E-state index is 5.49. The van der Waals surface area contributed by atoms with E-state index in [4.69, 9.17) is 14.7 Å². The Morgan fingerprint density at radius 2 is 2.04 bits per heavy atom. The molecule has 4 nitrogen and oxygen atoms in total. The molecule has 1 aliphatic heterocycles. The van der Waals surface area contributed by atoms with Crippen LogP contribution in [0.15, 0.2) is 23.9 Å². The number of allylic oxidation sites excluding steroid dienone is 2. The normalized spacial score (nSPS) is 26.4. The van der Waals surface area contributed by atoms with Crippen molar-refractivity contribution >= 4 is 16.6 Å². The lowest BCUT2D eigenvalue weighted by Gasteiger charge is -2.24. The molecule has 0 bridgehead atoms. The predicted molar refractivity (Wildman–Crippen MR) is 99.5 cm³/mol. The van der Waals surface area contributed by atoms with Gasteiger partial charge in [-0.2, -0.15) is 0 Å². The highest BCUT2D eigenvalue weighted by Gasteiger charge is 2.27. The summed E-state index contributed by atoms with van der Waals surface area (Å²) in [5.74, 6) is 2.61. The summed E-state index contributed by atoms with van der Waals surface area (Å²) < 4.78 is 5.49. The van der Waals surface area contributed by atoms with E-state index in [9.17, 15) is 0 Å². The monoisotopic (exact) mass is 335 g/mol. The van der Waals surface area contributed by atoms with Gasteiger partial charge in [0.1, 0.15) is 5.82 Å². The van der Waals surface area contributed by atoms with Crippen molar-refractivity contribution < 1.29 is 4.74 Å². The number of nitrogens with zero attached hydrogens (tertiary/aromatic N) is 2. The number of ether oxygens (including phenoxy) is 1. The number of hydrogen-bond acceptors (Lipinski definition) is 3. The van der Waals surface area contributed by atoms with Crippen molar-refractivity contribution in [2.75, 3.05) is 13.2 Å². The van der Waals surface area contributed by atoms with Gasteiger partial charge >= 0.3 is 0 Å². The number of pyridine rings is 1. The van der Waals surface area contributed by atoms with E-state index in [0.29, 0.717) is 5.92 Å². The molecule has 0 unspecified atom stereocenters. The number of aromatic nitrogens is 3. The predicted octanol–water partition coefficient (Wildman–Crippen LogP) is 4.54. The Labute approximate surface area is 148 Å². The minimum absolute atomic E-state index is 0.579. The number of aromatic amines is 1. The van der Waals surface area contributed by atoms with Gasteiger partial charge in [0.15, 0.2) is 0 Å². The molecule has 0 radical (unpaired) electrons. The maximum absolute atomic E-state index is 5.49. The minimum atomic E-state index is 0.579. The quantitative estimate of drug-likeness (QED) is 0.877. The van der Waals surface area contributed by atoms with Gasteiger partial charge in [0.05, 0.1) is 36.1 Å². The van der Waals surface area contributed by atoms with Crippen LogP contribution in [0.3, 0.4) is 0 Å². The molecule has 0 amide bonds. The molecule has 2 aliphatic carbocycles. The van der Waals surface area contributed by atoms with Crippen LogP contribution in [0.1, 0.15) is 62.0 Å². The third-order valence-electron chi connectivity index (χ3n) is 6.11. The summed E-state index contributed by atoms with van der Waals surface area (Å²) in [6.45, 7) is 3.90. The first-order valence-corrected chi connectivity index (χ1v) is 9.65. The van der Waals surface area contributed by atoms with E-state index < -0.39 is 0 Å². The number of H-pyrrole nitrogens is 1. The van der Waals surface area contributed by atoms with Crippen molar-refractivity contribution in [1.82, 2.24) is 15.0 Å². The SMILES string of the molecule is CC1CCC(c2nc3c4c(ncc3[nH]2)CC=C4C2=CCOCC2)CC1. The van der Waals surface area contributed by atoms with Gasteiger partial charge in [0, 0.05) is 17.9 Å². The van der Waals surface area contributed by atoms with Crippen molar-refractivity contribution in [3.8, 4) is 0 Å². The fourth-order valence-corrected chi connectivity index (χ4v) is 4.56. The summed E-state index contributed by atoms with van der Waals surface area (Å²) in [6, 6.07) is 0. The van der Waals surface area contributed by atoms with Crippen LogP contribution < -0.4 is 0 Å². The average molecular weight is 335 g/mol. The molecule has 2 aromatic heterocycles. The molecule has 1 N–H and O–H groups in total. The summed E-state index contributed by atoms with van der Waals surface area (Å²) in [4.78, 5) is 13.4. The Morgan fingerprint density at radius 1 is 1.16 bits per heavy atom. The maximum Gasteiger partial charge on any atom is 0.110 e. The topological polar surface area (TPSA) is 50.8 Å². The van der Waals surface area contributed by atoms with Crippen molar-refractivity contribution in [2.24, 2.45) is 5.92 Å². The van der Waals surface area contributed by atoms with Crippen molar-refractivity contribution in [3.63, 3.8) is 0 Å². The number of rotatable bonds is 2. The molecule has 0 spiro atoms. The highest BCUT2D eigenvalue weighted by Crippen LogP contribution is 2.40. The van der Waals surface area contributed by atoms with E-state index in [-0.39, 0.29) is 0 Å². The summed E-state index contributed by atoms with van der Waals surface area (Å²) in [7, 11) is 0. The van der Waals surface area contributed by atoms with Crippen molar-refractivity contribution in [2.45, 2.75) is 51.4 Å². The van der Waals surface area contributed by atoms with Gasteiger partial charge in [0.2, 0.25) is 0 Å². The Morgan fingerprint density at radius 3 is 2.84 bits per heavy atom. The number of hydrogen-bond donors (Lipinski definition) is 1. The van der Waals surface area contributed by atoms with Gasteiger partial charge in [-0.1, -0.05) is 31.9 Å². The van der Waals surface area contributed by atoms with Crippen molar-refractivity contribution in [1.29, 1.82) is 0 Å². The van der Waals surface area contributed by atoms with Crippen LogP contribution >= 0.6 is 0 Å². The Kier molecular flexibility index (Phi) is 3.74. The summed E-state index contributed by atoms with van der Waals surface area (Å²) in [5, 5.41) is 0. The zero-order chi connectivity index (χ0) is 16.8. The molecule has 2 aromatic rings. The zero-order valence-electron chi connectivity index (χ0n) is 14.8. The molecule has 25 heavy (non-hydrogen) atoms. The minimum Gasteiger partial charge on any atom is -0.377 e. The van der Waals surface area contributed by atoms with Crippen LogP contribution in [-0.4, -0.2) is 28.2 Å². The molecule has 1 fully saturated rings. The second-order valence-electron chi connectivity index (χ2n) is 7.80. The van der Waals surface area contributed by atoms with Crippen LogP contribution in [0.25, 0.3) is 16.6 Å². The third-order valence-corrected chi connectivity index (χ3v) is 6.11. The fraction of sp³-hybridized carbons (Fsp3) is 0.524. The van der Waals surface area contributed by atoms with E-state index in [1.54, 1.807) is 0 Å². The fourth-order valence-electron chi connectivity index (χ4n) is 4.56. The molecular weight excluding hydrogens is 310 g/mol. The molecule has 3 heterocycles. The molecule has 0 aromatic carbocycles. The summed E-state index contributed by atoms with van der Waals surface area (Å²) in [6.07, 6.45) is 13.6. The van der Waals surface area contributed by atoms with Gasteiger partial charge < -0.3 is 9.72 Å².